The highest BCUT2D eigenvalue weighted by molar-refractivity contribution is 8.00. The number of nitrogens with two attached hydrogens (primary N) is 1. The molecule has 132 valence electrons. The van der Waals surface area contributed by atoms with E-state index in [9.17, 15) is 9.59 Å². The van der Waals surface area contributed by atoms with Crippen molar-refractivity contribution < 1.29 is 9.59 Å². The number of likely N-dealkylation sites (tertiary alicyclic amines) is 1. The van der Waals surface area contributed by atoms with Crippen LogP contribution in [-0.4, -0.2) is 47.4 Å². The molecule has 3 N–H and O–H groups in total. The molecule has 24 heavy (non-hydrogen) atoms. The molecular formula is C18H27N3O2S. The van der Waals surface area contributed by atoms with Crippen molar-refractivity contribution in [1.29, 1.82) is 0 Å². The highest BCUT2D eigenvalue weighted by Crippen LogP contribution is 2.20. The van der Waals surface area contributed by atoms with Crippen molar-refractivity contribution in [2.75, 3.05) is 29.9 Å². The Kier molecular flexibility index (Phi) is 7.12. The minimum atomic E-state index is -0.0766. The van der Waals surface area contributed by atoms with Gasteiger partial charge in [-0.15, -0.1) is 11.8 Å². The molecule has 0 aliphatic carbocycles. The molecule has 0 spiro atoms. The van der Waals surface area contributed by atoms with Gasteiger partial charge in [0, 0.05) is 24.8 Å². The van der Waals surface area contributed by atoms with Crippen molar-refractivity contribution >= 4 is 29.3 Å². The van der Waals surface area contributed by atoms with Gasteiger partial charge in [-0.1, -0.05) is 17.7 Å². The number of piperidine rings is 1. The summed E-state index contributed by atoms with van der Waals surface area (Å²) in [5.41, 5.74) is 7.86. The molecule has 1 aliphatic heterocycles. The Balaban J connectivity index is 1.65. The molecule has 1 aliphatic rings. The Bertz CT molecular complexity index is 552. The molecule has 1 heterocycles. The highest BCUT2D eigenvalue weighted by atomic mass is 32.2. The molecule has 1 aromatic rings. The van der Waals surface area contributed by atoms with Gasteiger partial charge in [0.2, 0.25) is 11.8 Å². The molecule has 1 saturated heterocycles. The van der Waals surface area contributed by atoms with E-state index in [4.69, 9.17) is 5.73 Å². The van der Waals surface area contributed by atoms with E-state index in [1.165, 1.54) is 11.8 Å². The quantitative estimate of drug-likeness (QED) is 0.826. The maximum atomic E-state index is 12.2. The smallest absolute Gasteiger partial charge is 0.234 e. The Morgan fingerprint density at radius 3 is 2.46 bits per heavy atom. The van der Waals surface area contributed by atoms with E-state index >= 15 is 0 Å². The third-order valence-corrected chi connectivity index (χ3v) is 5.35. The van der Waals surface area contributed by atoms with Gasteiger partial charge < -0.3 is 16.0 Å². The van der Waals surface area contributed by atoms with Crippen LogP contribution in [-0.2, 0) is 9.59 Å². The lowest BCUT2D eigenvalue weighted by Gasteiger charge is -2.33. The summed E-state index contributed by atoms with van der Waals surface area (Å²) in [5.74, 6) is 1.20. The number of hydrogen-bond acceptors (Lipinski definition) is 4. The van der Waals surface area contributed by atoms with E-state index in [0.29, 0.717) is 11.7 Å². The zero-order chi connectivity index (χ0) is 17.5. The SMILES string of the molecule is Cc1ccc(NC(=O)CSCC(=O)N2CCC(C(C)N)CC2)cc1. The monoisotopic (exact) mass is 349 g/mol. The molecule has 2 rings (SSSR count). The second kappa shape index (κ2) is 9.08. The summed E-state index contributed by atoms with van der Waals surface area (Å²) < 4.78 is 0. The molecule has 0 aromatic heterocycles. The normalized spacial score (nSPS) is 16.7. The van der Waals surface area contributed by atoms with Crippen LogP contribution in [0.5, 0.6) is 0 Å². The Labute approximate surface area is 148 Å². The molecule has 1 aromatic carbocycles. The van der Waals surface area contributed by atoms with Crippen molar-refractivity contribution in [1.82, 2.24) is 4.90 Å². The molecule has 0 radical (unpaired) electrons. The van der Waals surface area contributed by atoms with E-state index in [2.05, 4.69) is 5.32 Å². The van der Waals surface area contributed by atoms with Gasteiger partial charge in [0.1, 0.15) is 0 Å². The number of thioether (sulfide) groups is 1. The lowest BCUT2D eigenvalue weighted by Crippen LogP contribution is -2.43. The average Bonchev–Trinajstić information content (AvgIpc) is 2.57. The first-order valence-electron chi connectivity index (χ1n) is 8.43. The minimum absolute atomic E-state index is 0.0766. The summed E-state index contributed by atoms with van der Waals surface area (Å²) in [6.07, 6.45) is 1.95. The van der Waals surface area contributed by atoms with Gasteiger partial charge in [-0.2, -0.15) is 0 Å². The second-order valence-corrected chi connectivity index (χ2v) is 7.47. The third-order valence-electron chi connectivity index (χ3n) is 4.43. The summed E-state index contributed by atoms with van der Waals surface area (Å²) >= 11 is 1.36. The van der Waals surface area contributed by atoms with E-state index in [0.717, 1.165) is 37.2 Å². The Morgan fingerprint density at radius 1 is 1.25 bits per heavy atom. The summed E-state index contributed by atoms with van der Waals surface area (Å²) in [4.78, 5) is 26.0. The lowest BCUT2D eigenvalue weighted by atomic mass is 9.91. The maximum absolute atomic E-state index is 12.2. The number of amides is 2. The summed E-state index contributed by atoms with van der Waals surface area (Å²) in [6, 6.07) is 7.87. The zero-order valence-electron chi connectivity index (χ0n) is 14.5. The second-order valence-electron chi connectivity index (χ2n) is 6.48. The van der Waals surface area contributed by atoms with Crippen molar-refractivity contribution in [2.45, 2.75) is 32.7 Å². The topological polar surface area (TPSA) is 75.4 Å². The Morgan fingerprint density at radius 2 is 1.88 bits per heavy atom. The van der Waals surface area contributed by atoms with E-state index in [1.54, 1.807) is 0 Å². The van der Waals surface area contributed by atoms with Gasteiger partial charge >= 0.3 is 0 Å². The zero-order valence-corrected chi connectivity index (χ0v) is 15.3. The maximum Gasteiger partial charge on any atom is 0.234 e. The van der Waals surface area contributed by atoms with Gasteiger partial charge in [-0.05, 0) is 44.7 Å². The average molecular weight is 350 g/mol. The van der Waals surface area contributed by atoms with Crippen LogP contribution in [0, 0.1) is 12.8 Å². The number of carbonyl (C=O) groups excluding carboxylic acids is 2. The Hall–Kier alpha value is -1.53. The molecule has 0 bridgehead atoms. The van der Waals surface area contributed by atoms with Crippen molar-refractivity contribution in [3.05, 3.63) is 29.8 Å². The fourth-order valence-electron chi connectivity index (χ4n) is 2.83. The number of benzene rings is 1. The van der Waals surface area contributed by atoms with Crippen molar-refractivity contribution in [2.24, 2.45) is 11.7 Å². The molecule has 6 heteroatoms. The largest absolute Gasteiger partial charge is 0.342 e. The molecule has 2 amide bonds. The standard InChI is InChI=1S/C18H27N3O2S/c1-13-3-5-16(6-4-13)20-17(22)11-24-12-18(23)21-9-7-15(8-10-21)14(2)19/h3-6,14-15H,7-12,19H2,1-2H3,(H,20,22). The molecule has 1 fully saturated rings. The van der Waals surface area contributed by atoms with Gasteiger partial charge in [0.05, 0.1) is 11.5 Å². The van der Waals surface area contributed by atoms with Gasteiger partial charge in [-0.3, -0.25) is 9.59 Å². The first-order valence-corrected chi connectivity index (χ1v) is 9.59. The lowest BCUT2D eigenvalue weighted by molar-refractivity contribution is -0.129. The van der Waals surface area contributed by atoms with Crippen LogP contribution in [0.2, 0.25) is 0 Å². The predicted octanol–water partition coefficient (Wildman–Crippen LogP) is 2.25. The predicted molar refractivity (Wildman–Crippen MR) is 100 cm³/mol. The third kappa shape index (κ3) is 5.83. The number of hydrogen-bond donors (Lipinski definition) is 2. The van der Waals surface area contributed by atoms with Crippen LogP contribution < -0.4 is 11.1 Å². The van der Waals surface area contributed by atoms with Gasteiger partial charge in [0.25, 0.3) is 0 Å². The van der Waals surface area contributed by atoms with Crippen molar-refractivity contribution in [3.8, 4) is 0 Å². The van der Waals surface area contributed by atoms with E-state index in [1.807, 2.05) is 43.0 Å². The summed E-state index contributed by atoms with van der Waals surface area (Å²) in [7, 11) is 0. The van der Waals surface area contributed by atoms with E-state index < -0.39 is 0 Å². The number of anilines is 1. The first-order chi connectivity index (χ1) is 11.5. The van der Waals surface area contributed by atoms with Crippen LogP contribution in [0.25, 0.3) is 0 Å². The number of nitrogens with one attached hydrogen (secondary N) is 1. The summed E-state index contributed by atoms with van der Waals surface area (Å²) in [6.45, 7) is 5.59. The van der Waals surface area contributed by atoms with Gasteiger partial charge in [-0.25, -0.2) is 0 Å². The highest BCUT2D eigenvalue weighted by Gasteiger charge is 2.24. The van der Waals surface area contributed by atoms with Crippen LogP contribution in [0.15, 0.2) is 24.3 Å². The molecule has 1 unspecified atom stereocenters. The molecule has 1 atom stereocenters. The van der Waals surface area contributed by atoms with Crippen LogP contribution in [0.3, 0.4) is 0 Å². The number of nitrogens with zero attached hydrogens (tertiary/aromatic N) is 1. The summed E-state index contributed by atoms with van der Waals surface area (Å²) in [5, 5.41) is 2.84. The molecular weight excluding hydrogens is 322 g/mol. The number of rotatable bonds is 6. The van der Waals surface area contributed by atoms with Crippen molar-refractivity contribution in [3.63, 3.8) is 0 Å². The van der Waals surface area contributed by atoms with Gasteiger partial charge in [0.15, 0.2) is 0 Å². The van der Waals surface area contributed by atoms with Crippen LogP contribution in [0.1, 0.15) is 25.3 Å². The van der Waals surface area contributed by atoms with Crippen LogP contribution >= 0.6 is 11.8 Å². The molecule has 5 nitrogen and oxygen atoms in total. The fraction of sp³-hybridized carbons (Fsp3) is 0.556. The van der Waals surface area contributed by atoms with Crippen LogP contribution in [0.4, 0.5) is 5.69 Å². The number of carbonyl (C=O) groups is 2. The molecule has 0 saturated carbocycles. The van der Waals surface area contributed by atoms with E-state index in [-0.39, 0.29) is 23.6 Å². The first kappa shape index (κ1) is 18.8. The minimum Gasteiger partial charge on any atom is -0.342 e. The number of aryl methyl sites for hydroxylation is 1. The fourth-order valence-corrected chi connectivity index (χ4v) is 3.55.